The van der Waals surface area contributed by atoms with Crippen LogP contribution in [-0.2, 0) is 0 Å². The van der Waals surface area contributed by atoms with Crippen molar-refractivity contribution in [1.29, 1.82) is 5.26 Å². The first-order chi connectivity index (χ1) is 10.5. The van der Waals surface area contributed by atoms with E-state index >= 15 is 0 Å². The molecule has 2 rings (SSSR count). The maximum absolute atomic E-state index is 12.2. The first kappa shape index (κ1) is 17.1. The van der Waals surface area contributed by atoms with Crippen molar-refractivity contribution in [3.63, 3.8) is 0 Å². The Morgan fingerprint density at radius 3 is 2.68 bits per heavy atom. The maximum Gasteiger partial charge on any atom is 0.346 e. The predicted octanol–water partition coefficient (Wildman–Crippen LogP) is 5.31. The minimum atomic E-state index is -0.653. The average molecular weight is 421 g/mol. The third-order valence-electron chi connectivity index (χ3n) is 2.51. The Balaban J connectivity index is 2.38. The van der Waals surface area contributed by atoms with Crippen molar-refractivity contribution in [2.24, 2.45) is 0 Å². The summed E-state index contributed by atoms with van der Waals surface area (Å²) in [5.41, 5.74) is 0.558. The van der Waals surface area contributed by atoms with Crippen molar-refractivity contribution >= 4 is 56.4 Å². The lowest BCUT2D eigenvalue weighted by Crippen LogP contribution is -2.10. The Bertz CT molecular complexity index is 770. The van der Waals surface area contributed by atoms with Crippen molar-refractivity contribution in [3.05, 3.63) is 42.5 Å². The van der Waals surface area contributed by atoms with Crippen LogP contribution in [0.5, 0.6) is 11.5 Å². The number of esters is 1. The normalized spacial score (nSPS) is 10.1. The lowest BCUT2D eigenvalue weighted by Gasteiger charge is -2.12. The topological polar surface area (TPSA) is 59.3 Å². The van der Waals surface area contributed by atoms with Crippen LogP contribution in [0.4, 0.5) is 0 Å². The molecule has 0 fully saturated rings. The Hall–Kier alpha value is -1.26. The van der Waals surface area contributed by atoms with Gasteiger partial charge in [0.15, 0.2) is 11.5 Å². The number of halogens is 3. The van der Waals surface area contributed by atoms with Gasteiger partial charge in [0.25, 0.3) is 0 Å². The number of ether oxygens (including phenoxy) is 2. The highest BCUT2D eigenvalue weighted by Crippen LogP contribution is 2.38. The summed E-state index contributed by atoms with van der Waals surface area (Å²) in [6.45, 7) is 2.14. The Kier molecular flexibility index (Phi) is 5.70. The van der Waals surface area contributed by atoms with Crippen molar-refractivity contribution in [1.82, 2.24) is 0 Å². The highest BCUT2D eigenvalue weighted by Gasteiger charge is 2.21. The van der Waals surface area contributed by atoms with Crippen molar-refractivity contribution in [2.75, 3.05) is 6.61 Å². The second-order valence-electron chi connectivity index (χ2n) is 3.96. The lowest BCUT2D eigenvalue weighted by atomic mass is 10.2. The van der Waals surface area contributed by atoms with Crippen molar-refractivity contribution in [3.8, 4) is 17.6 Å². The number of rotatable bonds is 4. The number of carbonyl (C=O) groups excluding carboxylic acids is 1. The number of nitrogens with zero attached hydrogens (tertiary/aromatic N) is 1. The van der Waals surface area contributed by atoms with Crippen LogP contribution in [0.25, 0.3) is 0 Å². The monoisotopic (exact) mass is 419 g/mol. The van der Waals surface area contributed by atoms with Gasteiger partial charge in [0.05, 0.1) is 32.6 Å². The Morgan fingerprint density at radius 2 is 2.14 bits per heavy atom. The van der Waals surface area contributed by atoms with E-state index < -0.39 is 5.97 Å². The smallest absolute Gasteiger partial charge is 0.346 e. The molecule has 0 radical (unpaired) electrons. The molecule has 4 nitrogen and oxygen atoms in total. The molecule has 1 aromatic heterocycles. The van der Waals surface area contributed by atoms with Crippen LogP contribution >= 0.6 is 50.5 Å². The summed E-state index contributed by atoms with van der Waals surface area (Å²) in [6.07, 6.45) is 0. The van der Waals surface area contributed by atoms with Crippen LogP contribution < -0.4 is 9.47 Å². The first-order valence-electron chi connectivity index (χ1n) is 5.99. The SMILES string of the molecule is CCOc1cc(C#N)cc(Br)c1OC(=O)c1cc(Cl)sc1Cl. The van der Waals surface area contributed by atoms with E-state index in [2.05, 4.69) is 15.9 Å². The molecular formula is C14H8BrCl2NO3S. The first-order valence-corrected chi connectivity index (χ1v) is 8.36. The van der Waals surface area contributed by atoms with Crippen molar-refractivity contribution in [2.45, 2.75) is 6.92 Å². The fourth-order valence-electron chi connectivity index (χ4n) is 1.62. The molecule has 114 valence electrons. The van der Waals surface area contributed by atoms with E-state index in [0.717, 1.165) is 11.3 Å². The molecule has 0 unspecified atom stereocenters. The zero-order chi connectivity index (χ0) is 16.3. The molecule has 0 saturated heterocycles. The highest BCUT2D eigenvalue weighted by molar-refractivity contribution is 9.10. The van der Waals surface area contributed by atoms with E-state index in [9.17, 15) is 4.79 Å². The fraction of sp³-hybridized carbons (Fsp3) is 0.143. The van der Waals surface area contributed by atoms with Gasteiger partial charge >= 0.3 is 5.97 Å². The molecular weight excluding hydrogens is 413 g/mol. The van der Waals surface area contributed by atoms with Crippen LogP contribution in [0.15, 0.2) is 22.7 Å². The summed E-state index contributed by atoms with van der Waals surface area (Å²) in [6, 6.07) is 6.48. The molecule has 0 amide bonds. The standard InChI is InChI=1S/C14H8BrCl2NO3S/c1-2-20-10-4-7(6-18)3-9(15)12(10)21-14(19)8-5-11(16)22-13(8)17/h3-5H,2H2,1H3. The number of benzene rings is 1. The van der Waals surface area contributed by atoms with Gasteiger partial charge in [-0.3, -0.25) is 0 Å². The maximum atomic E-state index is 12.2. The lowest BCUT2D eigenvalue weighted by molar-refractivity contribution is 0.0728. The van der Waals surface area contributed by atoms with Crippen LogP contribution in [0.1, 0.15) is 22.8 Å². The summed E-state index contributed by atoms with van der Waals surface area (Å²) >= 11 is 16.1. The molecule has 0 saturated carbocycles. The molecule has 1 heterocycles. The molecule has 0 bridgehead atoms. The summed E-state index contributed by atoms with van der Waals surface area (Å²) in [5, 5.41) is 8.98. The van der Waals surface area contributed by atoms with E-state index in [1.54, 1.807) is 6.92 Å². The molecule has 22 heavy (non-hydrogen) atoms. The molecule has 1 aromatic carbocycles. The number of hydrogen-bond acceptors (Lipinski definition) is 5. The average Bonchev–Trinajstić information content (AvgIpc) is 2.81. The van der Waals surface area contributed by atoms with Gasteiger partial charge in [0, 0.05) is 6.07 Å². The largest absolute Gasteiger partial charge is 0.490 e. The zero-order valence-electron chi connectivity index (χ0n) is 11.2. The van der Waals surface area contributed by atoms with Gasteiger partial charge in [-0.05, 0) is 35.0 Å². The van der Waals surface area contributed by atoms with Gasteiger partial charge in [-0.25, -0.2) is 4.79 Å². The molecule has 0 N–H and O–H groups in total. The van der Waals surface area contributed by atoms with Gasteiger partial charge in [-0.15, -0.1) is 11.3 Å². The zero-order valence-corrected chi connectivity index (χ0v) is 15.1. The van der Waals surface area contributed by atoms with E-state index in [4.69, 9.17) is 37.9 Å². The van der Waals surface area contributed by atoms with Gasteiger partial charge in [0.2, 0.25) is 0 Å². The number of carbonyl (C=O) groups is 1. The number of hydrogen-bond donors (Lipinski definition) is 0. The third-order valence-corrected chi connectivity index (χ3v) is 4.59. The fourth-order valence-corrected chi connectivity index (χ4v) is 3.58. The molecule has 0 aliphatic carbocycles. The summed E-state index contributed by atoms with van der Waals surface area (Å²) in [7, 11) is 0. The molecule has 2 aromatic rings. The molecule has 0 aliphatic rings. The van der Waals surface area contributed by atoms with Crippen LogP contribution in [-0.4, -0.2) is 12.6 Å². The van der Waals surface area contributed by atoms with Gasteiger partial charge in [-0.2, -0.15) is 5.26 Å². The molecule has 0 aliphatic heterocycles. The Morgan fingerprint density at radius 1 is 1.41 bits per heavy atom. The predicted molar refractivity (Wildman–Crippen MR) is 89.3 cm³/mol. The van der Waals surface area contributed by atoms with Crippen LogP contribution in [0.3, 0.4) is 0 Å². The minimum Gasteiger partial charge on any atom is -0.490 e. The van der Waals surface area contributed by atoms with Crippen LogP contribution in [0.2, 0.25) is 8.67 Å². The van der Waals surface area contributed by atoms with Gasteiger partial charge in [-0.1, -0.05) is 23.2 Å². The van der Waals surface area contributed by atoms with Gasteiger partial charge in [0.1, 0.15) is 4.34 Å². The van der Waals surface area contributed by atoms with E-state index in [1.165, 1.54) is 18.2 Å². The minimum absolute atomic E-state index is 0.176. The quantitative estimate of drug-likeness (QED) is 0.496. The highest BCUT2D eigenvalue weighted by atomic mass is 79.9. The van der Waals surface area contributed by atoms with E-state index in [0.29, 0.717) is 26.7 Å². The van der Waals surface area contributed by atoms with Crippen LogP contribution in [0, 0.1) is 11.3 Å². The summed E-state index contributed by atoms with van der Waals surface area (Å²) < 4.78 is 11.8. The van der Waals surface area contributed by atoms with E-state index in [-0.39, 0.29) is 15.6 Å². The molecule has 0 atom stereocenters. The molecule has 8 heteroatoms. The Labute approximate surface area is 149 Å². The summed E-state index contributed by atoms with van der Waals surface area (Å²) in [4.78, 5) is 12.2. The number of thiophene rings is 1. The van der Waals surface area contributed by atoms with E-state index in [1.807, 2.05) is 6.07 Å². The second-order valence-corrected chi connectivity index (χ2v) is 7.10. The van der Waals surface area contributed by atoms with Gasteiger partial charge < -0.3 is 9.47 Å². The summed E-state index contributed by atoms with van der Waals surface area (Å²) in [5.74, 6) is -0.178. The number of nitriles is 1. The third kappa shape index (κ3) is 3.73. The van der Waals surface area contributed by atoms with Crippen molar-refractivity contribution < 1.29 is 14.3 Å². The second kappa shape index (κ2) is 7.34. The molecule has 0 spiro atoms.